The molecule has 3 atom stereocenters. The van der Waals surface area contributed by atoms with Crippen LogP contribution in [0.1, 0.15) is 25.7 Å². The van der Waals surface area contributed by atoms with Gasteiger partial charge < -0.3 is 5.11 Å². The van der Waals surface area contributed by atoms with E-state index in [9.17, 15) is 9.59 Å². The Morgan fingerprint density at radius 2 is 2.25 bits per heavy atom. The summed E-state index contributed by atoms with van der Waals surface area (Å²) in [5, 5.41) is 8.58. The van der Waals surface area contributed by atoms with E-state index in [4.69, 9.17) is 5.11 Å². The molecule has 66 valence electrons. The lowest BCUT2D eigenvalue weighted by Gasteiger charge is -2.18. The summed E-state index contributed by atoms with van der Waals surface area (Å²) < 4.78 is 0. The van der Waals surface area contributed by atoms with Gasteiger partial charge in [-0.3, -0.25) is 9.59 Å². The summed E-state index contributed by atoms with van der Waals surface area (Å²) in [4.78, 5) is 21.7. The van der Waals surface area contributed by atoms with E-state index >= 15 is 0 Å². The second-order valence-electron chi connectivity index (χ2n) is 3.97. The normalized spacial score (nSPS) is 39.0. The van der Waals surface area contributed by atoms with Gasteiger partial charge in [0.05, 0.1) is 0 Å². The van der Waals surface area contributed by atoms with Crippen molar-refractivity contribution in [1.82, 2.24) is 0 Å². The fourth-order valence-corrected chi connectivity index (χ4v) is 2.69. The molecule has 0 unspecified atom stereocenters. The van der Waals surface area contributed by atoms with Crippen LogP contribution in [0, 0.1) is 17.8 Å². The van der Waals surface area contributed by atoms with E-state index in [1.807, 2.05) is 0 Å². The molecule has 1 N–H and O–H groups in total. The minimum absolute atomic E-state index is 0.0890. The number of carboxylic acids is 1. The van der Waals surface area contributed by atoms with Gasteiger partial charge in [0.15, 0.2) is 0 Å². The van der Waals surface area contributed by atoms with Gasteiger partial charge in [0, 0.05) is 18.8 Å². The molecule has 0 spiro atoms. The highest BCUT2D eigenvalue weighted by atomic mass is 16.4. The van der Waals surface area contributed by atoms with Crippen molar-refractivity contribution in [3.63, 3.8) is 0 Å². The summed E-state index contributed by atoms with van der Waals surface area (Å²) in [6.45, 7) is 0. The molecular weight excluding hydrogens is 156 g/mol. The van der Waals surface area contributed by atoms with Crippen LogP contribution in [0.3, 0.4) is 0 Å². The first-order valence-corrected chi connectivity index (χ1v) is 4.41. The van der Waals surface area contributed by atoms with Crippen LogP contribution in [0.15, 0.2) is 0 Å². The standard InChI is InChI=1S/C9H12O3/c10-8-3-5-1-6(4-9(11)12)7(8)2-5/h5-7H,1-4H2,(H,11,12)/t5-,6-,7+/m0/s1. The van der Waals surface area contributed by atoms with Crippen molar-refractivity contribution in [2.24, 2.45) is 17.8 Å². The molecular formula is C9H12O3. The lowest BCUT2D eigenvalue weighted by Crippen LogP contribution is -2.22. The maximum atomic E-state index is 11.2. The van der Waals surface area contributed by atoms with Crippen molar-refractivity contribution in [3.05, 3.63) is 0 Å². The first kappa shape index (κ1) is 7.77. The second-order valence-corrected chi connectivity index (χ2v) is 3.97. The number of carbonyl (C=O) groups excluding carboxylic acids is 1. The number of carboxylic acid groups (broad SMARTS) is 1. The van der Waals surface area contributed by atoms with Gasteiger partial charge in [0.25, 0.3) is 0 Å². The summed E-state index contributed by atoms with van der Waals surface area (Å²) in [5.41, 5.74) is 0. The van der Waals surface area contributed by atoms with Gasteiger partial charge in [-0.05, 0) is 24.7 Å². The number of fused-ring (bicyclic) bond motifs is 2. The molecule has 0 saturated heterocycles. The summed E-state index contributed by atoms with van der Waals surface area (Å²) >= 11 is 0. The monoisotopic (exact) mass is 168 g/mol. The predicted molar refractivity (Wildman–Crippen MR) is 41.6 cm³/mol. The predicted octanol–water partition coefficient (Wildman–Crippen LogP) is 1.08. The maximum Gasteiger partial charge on any atom is 0.303 e. The van der Waals surface area contributed by atoms with Gasteiger partial charge in [0.2, 0.25) is 0 Å². The SMILES string of the molecule is O=C(O)C[C@@H]1C[C@@H]2CC(=O)[C@@H]1C2. The summed E-state index contributed by atoms with van der Waals surface area (Å²) in [5.74, 6) is 0.282. The Balaban J connectivity index is 2.02. The highest BCUT2D eigenvalue weighted by molar-refractivity contribution is 5.85. The molecule has 2 aliphatic rings. The molecule has 2 aliphatic carbocycles. The Hall–Kier alpha value is -0.860. The first-order valence-electron chi connectivity index (χ1n) is 4.41. The van der Waals surface area contributed by atoms with Gasteiger partial charge >= 0.3 is 5.97 Å². The second kappa shape index (κ2) is 2.57. The molecule has 3 nitrogen and oxygen atoms in total. The van der Waals surface area contributed by atoms with E-state index in [2.05, 4.69) is 0 Å². The van der Waals surface area contributed by atoms with Crippen molar-refractivity contribution in [3.8, 4) is 0 Å². The fourth-order valence-electron chi connectivity index (χ4n) is 2.69. The van der Waals surface area contributed by atoms with Crippen LogP contribution in [-0.2, 0) is 9.59 Å². The number of ketones is 1. The summed E-state index contributed by atoms with van der Waals surface area (Å²) in [7, 11) is 0. The Labute approximate surface area is 70.8 Å². The molecule has 0 aromatic heterocycles. The van der Waals surface area contributed by atoms with E-state index in [-0.39, 0.29) is 18.3 Å². The van der Waals surface area contributed by atoms with Crippen LogP contribution in [0.4, 0.5) is 0 Å². The summed E-state index contributed by atoms with van der Waals surface area (Å²) in [6.07, 6.45) is 2.81. The fraction of sp³-hybridized carbons (Fsp3) is 0.778. The first-order chi connectivity index (χ1) is 5.66. The van der Waals surface area contributed by atoms with Crippen molar-refractivity contribution >= 4 is 11.8 Å². The number of aliphatic carboxylic acids is 1. The number of rotatable bonds is 2. The van der Waals surface area contributed by atoms with Crippen LogP contribution >= 0.6 is 0 Å². The minimum atomic E-state index is -0.764. The van der Waals surface area contributed by atoms with Crippen molar-refractivity contribution < 1.29 is 14.7 Å². The number of Topliss-reactive ketones (excluding diaryl/α,β-unsaturated/α-hetero) is 1. The highest BCUT2D eigenvalue weighted by Crippen LogP contribution is 2.47. The smallest absolute Gasteiger partial charge is 0.303 e. The minimum Gasteiger partial charge on any atom is -0.481 e. The largest absolute Gasteiger partial charge is 0.481 e. The Bertz CT molecular complexity index is 234. The lowest BCUT2D eigenvalue weighted by molar-refractivity contribution is -0.138. The number of hydrogen-bond acceptors (Lipinski definition) is 2. The van der Waals surface area contributed by atoms with Gasteiger partial charge in [-0.1, -0.05) is 0 Å². The quantitative estimate of drug-likeness (QED) is 0.671. The van der Waals surface area contributed by atoms with Crippen LogP contribution in [0.5, 0.6) is 0 Å². The third-order valence-electron chi connectivity index (χ3n) is 3.13. The maximum absolute atomic E-state index is 11.2. The molecule has 0 heterocycles. The van der Waals surface area contributed by atoms with Gasteiger partial charge in [-0.25, -0.2) is 0 Å². The average Bonchev–Trinajstić information content (AvgIpc) is 2.43. The highest BCUT2D eigenvalue weighted by Gasteiger charge is 2.45. The third-order valence-corrected chi connectivity index (χ3v) is 3.13. The molecule has 2 bridgehead atoms. The van der Waals surface area contributed by atoms with Crippen molar-refractivity contribution in [1.29, 1.82) is 0 Å². The lowest BCUT2D eigenvalue weighted by atomic mass is 9.86. The zero-order valence-corrected chi connectivity index (χ0v) is 6.82. The molecule has 0 aliphatic heterocycles. The molecule has 2 saturated carbocycles. The van der Waals surface area contributed by atoms with Crippen LogP contribution < -0.4 is 0 Å². The number of hydrogen-bond donors (Lipinski definition) is 1. The van der Waals surface area contributed by atoms with E-state index in [0.29, 0.717) is 18.1 Å². The molecule has 2 rings (SSSR count). The summed E-state index contributed by atoms with van der Waals surface area (Å²) in [6, 6.07) is 0. The van der Waals surface area contributed by atoms with Crippen LogP contribution in [-0.4, -0.2) is 16.9 Å². The topological polar surface area (TPSA) is 54.4 Å². The van der Waals surface area contributed by atoms with E-state index < -0.39 is 5.97 Å². The molecule has 0 radical (unpaired) electrons. The molecule has 0 amide bonds. The number of carbonyl (C=O) groups is 2. The van der Waals surface area contributed by atoms with Crippen molar-refractivity contribution in [2.45, 2.75) is 25.7 Å². The Morgan fingerprint density at radius 1 is 1.50 bits per heavy atom. The van der Waals surface area contributed by atoms with E-state index in [1.165, 1.54) is 0 Å². The van der Waals surface area contributed by atoms with Gasteiger partial charge in [0.1, 0.15) is 5.78 Å². The Kier molecular flexibility index (Phi) is 1.67. The van der Waals surface area contributed by atoms with Gasteiger partial charge in [-0.2, -0.15) is 0 Å². The molecule has 0 aromatic rings. The zero-order chi connectivity index (χ0) is 8.72. The third kappa shape index (κ3) is 1.13. The van der Waals surface area contributed by atoms with E-state index in [1.54, 1.807) is 0 Å². The van der Waals surface area contributed by atoms with Crippen molar-refractivity contribution in [2.75, 3.05) is 0 Å². The Morgan fingerprint density at radius 3 is 2.75 bits per heavy atom. The van der Waals surface area contributed by atoms with Crippen LogP contribution in [0.25, 0.3) is 0 Å². The molecule has 3 heteroatoms. The average molecular weight is 168 g/mol. The van der Waals surface area contributed by atoms with E-state index in [0.717, 1.165) is 12.8 Å². The zero-order valence-electron chi connectivity index (χ0n) is 6.82. The van der Waals surface area contributed by atoms with Crippen LogP contribution in [0.2, 0.25) is 0 Å². The molecule has 12 heavy (non-hydrogen) atoms. The molecule has 0 aromatic carbocycles. The van der Waals surface area contributed by atoms with Gasteiger partial charge in [-0.15, -0.1) is 0 Å². The molecule has 2 fully saturated rings.